The van der Waals surface area contributed by atoms with Gasteiger partial charge in [-0.2, -0.15) is 0 Å². The number of carbonyl (C=O) groups is 1. The van der Waals surface area contributed by atoms with Crippen LogP contribution >= 0.6 is 0 Å². The lowest BCUT2D eigenvalue weighted by atomic mass is 9.94. The molecule has 0 aliphatic carbocycles. The number of hydrogen-bond donors (Lipinski definition) is 1. The van der Waals surface area contributed by atoms with E-state index < -0.39 is 0 Å². The Bertz CT molecular complexity index is 870. The number of amides is 1. The number of likely N-dealkylation sites (tertiary alicyclic amines) is 1. The summed E-state index contributed by atoms with van der Waals surface area (Å²) in [5.74, 6) is 0.787. The quantitative estimate of drug-likeness (QED) is 0.765. The molecule has 0 aromatic heterocycles. The summed E-state index contributed by atoms with van der Waals surface area (Å²) in [6, 6.07) is 16.7. The van der Waals surface area contributed by atoms with Crippen molar-refractivity contribution in [3.05, 3.63) is 65.2 Å². The highest BCUT2D eigenvalue weighted by atomic mass is 16.5. The minimum atomic E-state index is 0.00561. The number of rotatable bonds is 6. The van der Waals surface area contributed by atoms with E-state index in [2.05, 4.69) is 53.2 Å². The van der Waals surface area contributed by atoms with Crippen LogP contribution in [0.25, 0.3) is 0 Å². The molecular formula is C26H35N3O2. The number of anilines is 1. The van der Waals surface area contributed by atoms with Crippen molar-refractivity contribution in [1.82, 2.24) is 10.2 Å². The fraction of sp³-hybridized carbons (Fsp3) is 0.500. The van der Waals surface area contributed by atoms with Crippen molar-refractivity contribution < 1.29 is 9.53 Å². The van der Waals surface area contributed by atoms with Crippen LogP contribution in [0.2, 0.25) is 0 Å². The number of nitrogens with zero attached hydrogens (tertiary/aromatic N) is 2. The smallest absolute Gasteiger partial charge is 0.253 e. The van der Waals surface area contributed by atoms with E-state index in [9.17, 15) is 4.79 Å². The fourth-order valence-electron chi connectivity index (χ4n) is 4.77. The summed E-state index contributed by atoms with van der Waals surface area (Å²) < 4.78 is 5.49. The van der Waals surface area contributed by atoms with Gasteiger partial charge in [0, 0.05) is 25.3 Å². The van der Waals surface area contributed by atoms with E-state index in [1.165, 1.54) is 24.0 Å². The maximum Gasteiger partial charge on any atom is 0.253 e. The Hall–Kier alpha value is -2.37. The lowest BCUT2D eigenvalue weighted by molar-refractivity contribution is 0.0911. The highest BCUT2D eigenvalue weighted by Gasteiger charge is 2.27. The molecule has 31 heavy (non-hydrogen) atoms. The number of piperidine rings is 1. The van der Waals surface area contributed by atoms with Crippen molar-refractivity contribution in [1.29, 1.82) is 0 Å². The van der Waals surface area contributed by atoms with Crippen LogP contribution in [-0.4, -0.2) is 56.7 Å². The lowest BCUT2D eigenvalue weighted by Crippen LogP contribution is -2.42. The van der Waals surface area contributed by atoms with Gasteiger partial charge >= 0.3 is 0 Å². The van der Waals surface area contributed by atoms with Gasteiger partial charge in [-0.25, -0.2) is 0 Å². The van der Waals surface area contributed by atoms with Gasteiger partial charge in [0.15, 0.2) is 0 Å². The van der Waals surface area contributed by atoms with Crippen LogP contribution in [0.4, 0.5) is 5.69 Å². The second-order valence-electron chi connectivity index (χ2n) is 8.92. The summed E-state index contributed by atoms with van der Waals surface area (Å²) in [4.78, 5) is 18.1. The second kappa shape index (κ2) is 10.3. The first kappa shape index (κ1) is 21.8. The van der Waals surface area contributed by atoms with Crippen LogP contribution < -0.4 is 10.2 Å². The zero-order valence-electron chi connectivity index (χ0n) is 18.8. The molecule has 2 saturated heterocycles. The number of morpholine rings is 1. The monoisotopic (exact) mass is 421 g/mol. The third-order valence-electron chi connectivity index (χ3n) is 6.76. The van der Waals surface area contributed by atoms with Gasteiger partial charge in [-0.15, -0.1) is 0 Å². The van der Waals surface area contributed by atoms with E-state index in [0.29, 0.717) is 19.8 Å². The first-order chi connectivity index (χ1) is 15.1. The Morgan fingerprint density at radius 1 is 1.03 bits per heavy atom. The summed E-state index contributed by atoms with van der Waals surface area (Å²) in [6.07, 6.45) is 2.44. The van der Waals surface area contributed by atoms with Crippen molar-refractivity contribution >= 4 is 11.6 Å². The molecule has 2 fully saturated rings. The summed E-state index contributed by atoms with van der Waals surface area (Å²) in [7, 11) is 0. The lowest BCUT2D eigenvalue weighted by Gasteiger charge is -2.37. The molecule has 2 aromatic rings. The second-order valence-corrected chi connectivity index (χ2v) is 8.92. The molecule has 1 N–H and O–H groups in total. The van der Waals surface area contributed by atoms with Gasteiger partial charge in [0.2, 0.25) is 0 Å². The first-order valence-corrected chi connectivity index (χ1v) is 11.6. The fourth-order valence-corrected chi connectivity index (χ4v) is 4.77. The molecule has 1 atom stereocenters. The zero-order valence-corrected chi connectivity index (χ0v) is 18.8. The molecule has 0 saturated carbocycles. The van der Waals surface area contributed by atoms with Crippen LogP contribution in [0.15, 0.2) is 48.5 Å². The Morgan fingerprint density at radius 2 is 1.71 bits per heavy atom. The Morgan fingerprint density at radius 3 is 2.45 bits per heavy atom. The van der Waals surface area contributed by atoms with Crippen LogP contribution in [0.5, 0.6) is 0 Å². The molecule has 0 bridgehead atoms. The molecule has 5 heteroatoms. The van der Waals surface area contributed by atoms with Crippen molar-refractivity contribution in [3.8, 4) is 0 Å². The average molecular weight is 422 g/mol. The van der Waals surface area contributed by atoms with Crippen molar-refractivity contribution in [2.75, 3.05) is 50.8 Å². The van der Waals surface area contributed by atoms with Crippen molar-refractivity contribution in [2.45, 2.75) is 32.7 Å². The van der Waals surface area contributed by atoms with Gasteiger partial charge in [0.05, 0.1) is 24.8 Å². The molecule has 4 rings (SSSR count). The van der Waals surface area contributed by atoms with E-state index in [1.54, 1.807) is 0 Å². The maximum absolute atomic E-state index is 13.3. The summed E-state index contributed by atoms with van der Waals surface area (Å²) >= 11 is 0. The largest absolute Gasteiger partial charge is 0.378 e. The minimum absolute atomic E-state index is 0.00561. The third-order valence-corrected chi connectivity index (χ3v) is 6.76. The van der Waals surface area contributed by atoms with Crippen molar-refractivity contribution in [3.63, 3.8) is 0 Å². The predicted octanol–water partition coefficient (Wildman–Crippen LogP) is 4.03. The summed E-state index contributed by atoms with van der Waals surface area (Å²) in [5, 5.41) is 3.27. The van der Waals surface area contributed by atoms with E-state index in [-0.39, 0.29) is 11.9 Å². The number of hydrogen-bond acceptors (Lipinski definition) is 4. The van der Waals surface area contributed by atoms with Crippen LogP contribution in [0.1, 0.15) is 47.3 Å². The molecule has 0 radical (unpaired) electrons. The Balaban J connectivity index is 1.51. The average Bonchev–Trinajstić information content (AvgIpc) is 2.82. The Labute approximate surface area is 186 Å². The van der Waals surface area contributed by atoms with E-state index in [0.717, 1.165) is 43.3 Å². The minimum Gasteiger partial charge on any atom is -0.378 e. The summed E-state index contributed by atoms with van der Waals surface area (Å²) in [6.45, 7) is 10.4. The molecule has 0 spiro atoms. The molecule has 166 valence electrons. The van der Waals surface area contributed by atoms with Gasteiger partial charge in [-0.1, -0.05) is 43.3 Å². The van der Waals surface area contributed by atoms with Gasteiger partial charge in [-0.3, -0.25) is 9.69 Å². The zero-order chi connectivity index (χ0) is 21.6. The topological polar surface area (TPSA) is 44.8 Å². The number of carbonyl (C=O) groups excluding carboxylic acids is 1. The first-order valence-electron chi connectivity index (χ1n) is 11.6. The molecule has 2 heterocycles. The van der Waals surface area contributed by atoms with E-state index >= 15 is 0 Å². The van der Waals surface area contributed by atoms with Crippen molar-refractivity contribution in [2.24, 2.45) is 5.92 Å². The SMILES string of the molecule is Cc1ccccc1C(CNC(=O)c1ccccc1N1CCOCC1)N1CCC(C)CC1. The molecule has 1 amide bonds. The standard InChI is InChI=1S/C26H35N3O2/c1-20-11-13-28(14-12-20)25(22-8-4-3-7-21(22)2)19-27-26(30)23-9-5-6-10-24(23)29-15-17-31-18-16-29/h3-10,20,25H,11-19H2,1-2H3,(H,27,30). The van der Waals surface area contributed by atoms with Gasteiger partial charge in [0.25, 0.3) is 5.91 Å². The van der Waals surface area contributed by atoms with Gasteiger partial charge < -0.3 is 15.0 Å². The van der Waals surface area contributed by atoms with Crippen LogP contribution in [0.3, 0.4) is 0 Å². The molecule has 2 aliphatic rings. The molecule has 1 unspecified atom stereocenters. The molecule has 2 aliphatic heterocycles. The number of nitrogens with one attached hydrogen (secondary N) is 1. The highest BCUT2D eigenvalue weighted by molar-refractivity contribution is 5.99. The number of aryl methyl sites for hydroxylation is 1. The number of ether oxygens (including phenoxy) is 1. The Kier molecular flexibility index (Phi) is 7.25. The van der Waals surface area contributed by atoms with Gasteiger partial charge in [0.1, 0.15) is 0 Å². The van der Waals surface area contributed by atoms with E-state index in [4.69, 9.17) is 4.74 Å². The summed E-state index contributed by atoms with van der Waals surface area (Å²) in [5.41, 5.74) is 4.36. The van der Waals surface area contributed by atoms with Gasteiger partial charge in [-0.05, 0) is 62.0 Å². The van der Waals surface area contributed by atoms with E-state index in [1.807, 2.05) is 24.3 Å². The molecule has 5 nitrogen and oxygen atoms in total. The maximum atomic E-state index is 13.3. The number of benzene rings is 2. The third kappa shape index (κ3) is 5.28. The molecule has 2 aromatic carbocycles. The van der Waals surface area contributed by atoms with Crippen LogP contribution in [-0.2, 0) is 4.74 Å². The predicted molar refractivity (Wildman–Crippen MR) is 126 cm³/mol. The number of para-hydroxylation sites is 1. The van der Waals surface area contributed by atoms with Crippen LogP contribution in [0, 0.1) is 12.8 Å². The molecular weight excluding hydrogens is 386 g/mol. The highest BCUT2D eigenvalue weighted by Crippen LogP contribution is 2.29. The normalized spacial score (nSPS) is 19.2.